The molecule has 0 bridgehead atoms. The van der Waals surface area contributed by atoms with Crippen molar-refractivity contribution in [1.29, 1.82) is 0 Å². The monoisotopic (exact) mass is 343 g/mol. The van der Waals surface area contributed by atoms with Gasteiger partial charge in [0, 0.05) is 51.4 Å². The van der Waals surface area contributed by atoms with Crippen molar-refractivity contribution < 1.29 is 9.18 Å². The first kappa shape index (κ1) is 17.4. The van der Waals surface area contributed by atoms with Gasteiger partial charge >= 0.3 is 0 Å². The van der Waals surface area contributed by atoms with E-state index < -0.39 is 0 Å². The van der Waals surface area contributed by atoms with Crippen LogP contribution in [0.5, 0.6) is 0 Å². The van der Waals surface area contributed by atoms with Gasteiger partial charge in [0.25, 0.3) is 0 Å². The molecule has 0 unspecified atom stereocenters. The van der Waals surface area contributed by atoms with E-state index in [1.165, 1.54) is 12.1 Å². The van der Waals surface area contributed by atoms with Gasteiger partial charge in [0.2, 0.25) is 11.5 Å². The summed E-state index contributed by atoms with van der Waals surface area (Å²) < 4.78 is 13.6. The zero-order valence-corrected chi connectivity index (χ0v) is 14.1. The Morgan fingerprint density at radius 2 is 1.84 bits per heavy atom. The van der Waals surface area contributed by atoms with E-state index in [0.717, 1.165) is 25.2 Å². The molecule has 132 valence electrons. The first-order chi connectivity index (χ1) is 12.1. The van der Waals surface area contributed by atoms with Crippen LogP contribution in [0, 0.1) is 5.82 Å². The molecule has 1 aliphatic heterocycles. The summed E-state index contributed by atoms with van der Waals surface area (Å²) in [6.45, 7) is 3.71. The number of hydrogen-bond donors (Lipinski definition) is 1. The van der Waals surface area contributed by atoms with E-state index in [4.69, 9.17) is 0 Å². The Morgan fingerprint density at radius 3 is 2.52 bits per heavy atom. The average molecular weight is 343 g/mol. The highest BCUT2D eigenvalue weighted by Gasteiger charge is 2.21. The molecule has 0 atom stereocenters. The second-order valence-electron chi connectivity index (χ2n) is 6.31. The second kappa shape index (κ2) is 8.07. The number of carbonyl (C=O) groups is 1. The van der Waals surface area contributed by atoms with Crippen LogP contribution >= 0.6 is 0 Å². The molecule has 1 amide bonds. The first-order valence-corrected chi connectivity index (χ1v) is 8.53. The zero-order valence-electron chi connectivity index (χ0n) is 14.1. The van der Waals surface area contributed by atoms with Gasteiger partial charge in [-0.25, -0.2) is 4.39 Å². The number of aromatic nitrogens is 1. The van der Waals surface area contributed by atoms with E-state index in [1.54, 1.807) is 24.4 Å². The SMILES string of the molecule is O=C(CCc1ccccc1F)N1CCN(Cc2ccc(=O)[nH]c2)CC1. The minimum atomic E-state index is -0.249. The topological polar surface area (TPSA) is 56.4 Å². The lowest BCUT2D eigenvalue weighted by Crippen LogP contribution is -2.48. The lowest BCUT2D eigenvalue weighted by molar-refractivity contribution is -0.133. The van der Waals surface area contributed by atoms with Gasteiger partial charge in [-0.15, -0.1) is 0 Å². The van der Waals surface area contributed by atoms with Crippen LogP contribution in [-0.2, 0) is 17.8 Å². The minimum Gasteiger partial charge on any atom is -0.340 e. The third-order valence-electron chi connectivity index (χ3n) is 4.55. The van der Waals surface area contributed by atoms with E-state index >= 15 is 0 Å². The molecule has 1 aromatic carbocycles. The predicted octanol–water partition coefficient (Wildman–Crippen LogP) is 1.79. The fourth-order valence-electron chi connectivity index (χ4n) is 3.06. The highest BCUT2D eigenvalue weighted by atomic mass is 19.1. The van der Waals surface area contributed by atoms with Crippen LogP contribution in [0.2, 0.25) is 0 Å². The summed E-state index contributed by atoms with van der Waals surface area (Å²) in [6, 6.07) is 9.95. The van der Waals surface area contributed by atoms with Crippen LogP contribution in [0.15, 0.2) is 47.4 Å². The molecule has 2 aromatic rings. The third kappa shape index (κ3) is 4.76. The van der Waals surface area contributed by atoms with Gasteiger partial charge in [-0.3, -0.25) is 14.5 Å². The summed E-state index contributed by atoms with van der Waals surface area (Å²) in [5.41, 5.74) is 1.54. The number of amides is 1. The molecule has 0 radical (unpaired) electrons. The van der Waals surface area contributed by atoms with Crippen molar-refractivity contribution in [3.8, 4) is 0 Å². The maximum Gasteiger partial charge on any atom is 0.247 e. The number of rotatable bonds is 5. The number of carbonyl (C=O) groups excluding carboxylic acids is 1. The van der Waals surface area contributed by atoms with Crippen LogP contribution in [-0.4, -0.2) is 46.9 Å². The number of nitrogens with one attached hydrogen (secondary N) is 1. The van der Waals surface area contributed by atoms with Crippen molar-refractivity contribution >= 4 is 5.91 Å². The predicted molar refractivity (Wildman–Crippen MR) is 93.6 cm³/mol. The Kier molecular flexibility index (Phi) is 5.60. The number of H-pyrrole nitrogens is 1. The van der Waals surface area contributed by atoms with Crippen molar-refractivity contribution in [2.24, 2.45) is 0 Å². The summed E-state index contributed by atoms with van der Waals surface area (Å²) in [5, 5.41) is 0. The van der Waals surface area contributed by atoms with Crippen molar-refractivity contribution in [3.63, 3.8) is 0 Å². The Morgan fingerprint density at radius 1 is 1.08 bits per heavy atom. The smallest absolute Gasteiger partial charge is 0.247 e. The zero-order chi connectivity index (χ0) is 17.6. The van der Waals surface area contributed by atoms with Crippen LogP contribution in [0.1, 0.15) is 17.5 Å². The van der Waals surface area contributed by atoms with Gasteiger partial charge < -0.3 is 9.88 Å². The average Bonchev–Trinajstić information content (AvgIpc) is 2.63. The van der Waals surface area contributed by atoms with E-state index in [-0.39, 0.29) is 17.3 Å². The van der Waals surface area contributed by atoms with Crippen molar-refractivity contribution in [2.45, 2.75) is 19.4 Å². The molecule has 0 spiro atoms. The maximum atomic E-state index is 13.6. The molecule has 1 saturated heterocycles. The van der Waals surface area contributed by atoms with Gasteiger partial charge in [-0.1, -0.05) is 24.3 Å². The highest BCUT2D eigenvalue weighted by Crippen LogP contribution is 2.12. The number of pyridine rings is 1. The number of aromatic amines is 1. The van der Waals surface area contributed by atoms with Gasteiger partial charge in [0.05, 0.1) is 0 Å². The van der Waals surface area contributed by atoms with Crippen molar-refractivity contribution in [3.05, 3.63) is 69.9 Å². The highest BCUT2D eigenvalue weighted by molar-refractivity contribution is 5.76. The van der Waals surface area contributed by atoms with Gasteiger partial charge in [0.1, 0.15) is 5.82 Å². The van der Waals surface area contributed by atoms with Crippen LogP contribution in [0.25, 0.3) is 0 Å². The standard InChI is InChI=1S/C19H22FN3O2/c20-17-4-2-1-3-16(17)6-8-19(25)23-11-9-22(10-12-23)14-15-5-7-18(24)21-13-15/h1-5,7,13H,6,8-12,14H2,(H,21,24). The molecule has 25 heavy (non-hydrogen) atoms. The van der Waals surface area contributed by atoms with Gasteiger partial charge in [-0.05, 0) is 23.6 Å². The summed E-state index contributed by atoms with van der Waals surface area (Å²) >= 11 is 0. The molecule has 0 aliphatic carbocycles. The van der Waals surface area contributed by atoms with E-state index in [2.05, 4.69) is 9.88 Å². The van der Waals surface area contributed by atoms with E-state index in [9.17, 15) is 14.0 Å². The molecule has 1 fully saturated rings. The van der Waals surface area contributed by atoms with Crippen LogP contribution in [0.4, 0.5) is 4.39 Å². The summed E-state index contributed by atoms with van der Waals surface area (Å²) in [4.78, 5) is 30.2. The second-order valence-corrected chi connectivity index (χ2v) is 6.31. The Bertz CT molecular complexity index is 762. The Labute approximate surface area is 146 Å². The number of nitrogens with zero attached hydrogens (tertiary/aromatic N) is 2. The summed E-state index contributed by atoms with van der Waals surface area (Å²) in [7, 11) is 0. The molecule has 6 heteroatoms. The van der Waals surface area contributed by atoms with Crippen molar-refractivity contribution in [2.75, 3.05) is 26.2 Å². The molecule has 1 N–H and O–H groups in total. The number of aryl methyl sites for hydroxylation is 1. The van der Waals surface area contributed by atoms with Gasteiger partial charge in [0.15, 0.2) is 0 Å². The number of hydrogen-bond acceptors (Lipinski definition) is 3. The fraction of sp³-hybridized carbons (Fsp3) is 0.368. The summed E-state index contributed by atoms with van der Waals surface area (Å²) in [6.07, 6.45) is 2.50. The Balaban J connectivity index is 1.45. The molecule has 2 heterocycles. The minimum absolute atomic E-state index is 0.0759. The first-order valence-electron chi connectivity index (χ1n) is 8.53. The lowest BCUT2D eigenvalue weighted by atomic mass is 10.1. The fourth-order valence-corrected chi connectivity index (χ4v) is 3.06. The Hall–Kier alpha value is -2.47. The maximum absolute atomic E-state index is 13.6. The third-order valence-corrected chi connectivity index (χ3v) is 4.55. The van der Waals surface area contributed by atoms with E-state index in [1.807, 2.05) is 11.0 Å². The molecular formula is C19H22FN3O2. The van der Waals surface area contributed by atoms with E-state index in [0.29, 0.717) is 31.5 Å². The molecule has 0 saturated carbocycles. The number of benzene rings is 1. The van der Waals surface area contributed by atoms with Gasteiger partial charge in [-0.2, -0.15) is 0 Å². The van der Waals surface area contributed by atoms with Crippen molar-refractivity contribution in [1.82, 2.24) is 14.8 Å². The normalized spacial score (nSPS) is 15.3. The molecule has 3 rings (SSSR count). The van der Waals surface area contributed by atoms with Crippen LogP contribution < -0.4 is 5.56 Å². The molecule has 1 aromatic heterocycles. The molecular weight excluding hydrogens is 321 g/mol. The van der Waals surface area contributed by atoms with Crippen LogP contribution in [0.3, 0.4) is 0 Å². The number of piperazine rings is 1. The quantitative estimate of drug-likeness (QED) is 0.901. The molecule has 1 aliphatic rings. The largest absolute Gasteiger partial charge is 0.340 e. The molecule has 5 nitrogen and oxygen atoms in total. The number of halogens is 1. The lowest BCUT2D eigenvalue weighted by Gasteiger charge is -2.34. The summed E-state index contributed by atoms with van der Waals surface area (Å²) in [5.74, 6) is -0.173.